The normalized spacial score (nSPS) is 38.0. The highest BCUT2D eigenvalue weighted by Crippen LogP contribution is 2.62. The molecule has 0 aliphatic heterocycles. The first-order valence-corrected chi connectivity index (χ1v) is 9.72. The van der Waals surface area contributed by atoms with Gasteiger partial charge in [0.2, 0.25) is 11.8 Å². The van der Waals surface area contributed by atoms with Gasteiger partial charge in [0.15, 0.2) is 0 Å². The number of carbonyl (C=O) groups excluding carboxylic acids is 1. The van der Waals surface area contributed by atoms with Gasteiger partial charge in [0.1, 0.15) is 0 Å². The molecule has 6 heteroatoms. The molecule has 0 radical (unpaired) electrons. The largest absolute Gasteiger partial charge is 0.416 e. The fourth-order valence-corrected chi connectivity index (χ4v) is 6.41. The first kappa shape index (κ1) is 15.5. The van der Waals surface area contributed by atoms with Crippen molar-refractivity contribution in [2.24, 2.45) is 17.3 Å². The SMILES string of the molecule is CCC12CC3CC(C1)CC(NC(=O)CSc1nnc(C)o1)(C3)C2. The lowest BCUT2D eigenvalue weighted by atomic mass is 9.46. The molecule has 0 saturated heterocycles. The molecule has 5 rings (SSSR count). The van der Waals surface area contributed by atoms with E-state index in [1.165, 1.54) is 56.7 Å². The van der Waals surface area contributed by atoms with Crippen LogP contribution in [0.5, 0.6) is 0 Å². The lowest BCUT2D eigenvalue weighted by molar-refractivity contribution is -0.129. The van der Waals surface area contributed by atoms with Crippen molar-refractivity contribution in [3.8, 4) is 0 Å². The Morgan fingerprint density at radius 3 is 2.65 bits per heavy atom. The molecule has 1 N–H and O–H groups in total. The van der Waals surface area contributed by atoms with Gasteiger partial charge in [-0.05, 0) is 55.8 Å². The van der Waals surface area contributed by atoms with Crippen molar-refractivity contribution in [2.75, 3.05) is 5.75 Å². The Morgan fingerprint density at radius 1 is 1.30 bits per heavy atom. The lowest BCUT2D eigenvalue weighted by Crippen LogP contribution is -2.63. The molecule has 0 aromatic carbocycles. The Morgan fingerprint density at radius 2 is 2.04 bits per heavy atom. The second-order valence-corrected chi connectivity index (χ2v) is 8.95. The minimum atomic E-state index is 0.0580. The number of amides is 1. The Balaban J connectivity index is 1.40. The van der Waals surface area contributed by atoms with E-state index in [-0.39, 0.29) is 11.4 Å². The minimum Gasteiger partial charge on any atom is -0.416 e. The van der Waals surface area contributed by atoms with Gasteiger partial charge in [0, 0.05) is 12.5 Å². The number of nitrogens with zero attached hydrogens (tertiary/aromatic N) is 2. The van der Waals surface area contributed by atoms with E-state index in [0.29, 0.717) is 22.3 Å². The number of aryl methyl sites for hydroxylation is 1. The average molecular weight is 335 g/mol. The quantitative estimate of drug-likeness (QED) is 0.836. The zero-order valence-electron chi connectivity index (χ0n) is 13.9. The number of rotatable bonds is 5. The summed E-state index contributed by atoms with van der Waals surface area (Å²) in [6.45, 7) is 4.09. The standard InChI is InChI=1S/C17H25N3O2S/c1-3-16-5-12-4-13(6-16)8-17(7-12,10-16)18-14(21)9-23-15-20-19-11(2)22-15/h12-13H,3-10H2,1-2H3,(H,18,21). The topological polar surface area (TPSA) is 68.0 Å². The zero-order chi connectivity index (χ0) is 16.1. The van der Waals surface area contributed by atoms with Crippen molar-refractivity contribution in [3.63, 3.8) is 0 Å². The zero-order valence-corrected chi connectivity index (χ0v) is 14.7. The third-order valence-electron chi connectivity index (χ3n) is 6.17. The monoisotopic (exact) mass is 335 g/mol. The van der Waals surface area contributed by atoms with Gasteiger partial charge < -0.3 is 9.73 Å². The van der Waals surface area contributed by atoms with Crippen LogP contribution in [0.1, 0.15) is 57.8 Å². The lowest BCUT2D eigenvalue weighted by Gasteiger charge is -2.62. The molecule has 5 nitrogen and oxygen atoms in total. The van der Waals surface area contributed by atoms with E-state index in [1.807, 2.05) is 0 Å². The second kappa shape index (κ2) is 5.50. The number of nitrogens with one attached hydrogen (secondary N) is 1. The number of aromatic nitrogens is 2. The molecule has 0 spiro atoms. The van der Waals surface area contributed by atoms with Crippen molar-refractivity contribution < 1.29 is 9.21 Å². The molecule has 4 saturated carbocycles. The predicted octanol–water partition coefficient (Wildman–Crippen LogP) is 3.34. The van der Waals surface area contributed by atoms with Crippen LogP contribution in [-0.4, -0.2) is 27.4 Å². The van der Waals surface area contributed by atoms with E-state index >= 15 is 0 Å². The molecule has 4 bridgehead atoms. The van der Waals surface area contributed by atoms with Gasteiger partial charge in [-0.15, -0.1) is 10.2 Å². The van der Waals surface area contributed by atoms with Crippen LogP contribution in [-0.2, 0) is 4.79 Å². The van der Waals surface area contributed by atoms with Gasteiger partial charge in [0.05, 0.1) is 5.75 Å². The summed E-state index contributed by atoms with van der Waals surface area (Å²) in [5.41, 5.74) is 0.552. The molecule has 2 unspecified atom stereocenters. The maximum Gasteiger partial charge on any atom is 0.277 e. The molecule has 1 aromatic heterocycles. The Labute approximate surface area is 141 Å². The van der Waals surface area contributed by atoms with Crippen LogP contribution >= 0.6 is 11.8 Å². The summed E-state index contributed by atoms with van der Waals surface area (Å²) in [6, 6.07) is 0. The number of hydrogen-bond donors (Lipinski definition) is 1. The summed E-state index contributed by atoms with van der Waals surface area (Å²) in [5.74, 6) is 2.65. The average Bonchev–Trinajstić information content (AvgIpc) is 2.89. The summed E-state index contributed by atoms with van der Waals surface area (Å²) in [7, 11) is 0. The smallest absolute Gasteiger partial charge is 0.277 e. The highest BCUT2D eigenvalue weighted by molar-refractivity contribution is 7.99. The van der Waals surface area contributed by atoms with Crippen LogP contribution in [0.25, 0.3) is 0 Å². The molecule has 4 fully saturated rings. The predicted molar refractivity (Wildman–Crippen MR) is 88.0 cm³/mol. The second-order valence-electron chi connectivity index (χ2n) is 8.02. The first-order valence-electron chi connectivity index (χ1n) is 8.74. The van der Waals surface area contributed by atoms with Crippen LogP contribution in [0.2, 0.25) is 0 Å². The first-order chi connectivity index (χ1) is 11.0. The maximum absolute atomic E-state index is 12.5. The van der Waals surface area contributed by atoms with Gasteiger partial charge >= 0.3 is 0 Å². The number of thioether (sulfide) groups is 1. The van der Waals surface area contributed by atoms with Crippen molar-refractivity contribution in [2.45, 2.75) is 69.6 Å². The molecular weight excluding hydrogens is 310 g/mol. The van der Waals surface area contributed by atoms with E-state index < -0.39 is 0 Å². The van der Waals surface area contributed by atoms with Gasteiger partial charge in [-0.1, -0.05) is 25.1 Å². The van der Waals surface area contributed by atoms with E-state index in [9.17, 15) is 4.79 Å². The molecule has 2 atom stereocenters. The third kappa shape index (κ3) is 2.90. The molecule has 23 heavy (non-hydrogen) atoms. The van der Waals surface area contributed by atoms with Crippen LogP contribution in [0.15, 0.2) is 9.64 Å². The fraction of sp³-hybridized carbons (Fsp3) is 0.824. The molecule has 1 aromatic rings. The fourth-order valence-electron chi connectivity index (χ4n) is 5.81. The molecular formula is C17H25N3O2S. The molecule has 4 aliphatic carbocycles. The number of hydrogen-bond acceptors (Lipinski definition) is 5. The van der Waals surface area contributed by atoms with Crippen molar-refractivity contribution in [1.82, 2.24) is 15.5 Å². The van der Waals surface area contributed by atoms with Crippen LogP contribution < -0.4 is 5.32 Å². The Kier molecular flexibility index (Phi) is 3.70. The number of carbonyl (C=O) groups is 1. The van der Waals surface area contributed by atoms with Gasteiger partial charge in [0.25, 0.3) is 5.22 Å². The van der Waals surface area contributed by atoms with Crippen LogP contribution in [0.4, 0.5) is 0 Å². The summed E-state index contributed by atoms with van der Waals surface area (Å²) in [6.07, 6.45) is 8.95. The minimum absolute atomic E-state index is 0.0580. The van der Waals surface area contributed by atoms with E-state index in [1.54, 1.807) is 6.92 Å². The Hall–Kier alpha value is -1.04. The maximum atomic E-state index is 12.5. The van der Waals surface area contributed by atoms with E-state index in [0.717, 1.165) is 11.8 Å². The van der Waals surface area contributed by atoms with Crippen LogP contribution in [0, 0.1) is 24.2 Å². The van der Waals surface area contributed by atoms with Gasteiger partial charge in [-0.3, -0.25) is 4.79 Å². The summed E-state index contributed by atoms with van der Waals surface area (Å²) < 4.78 is 5.32. The van der Waals surface area contributed by atoms with Gasteiger partial charge in [-0.2, -0.15) is 0 Å². The van der Waals surface area contributed by atoms with Crippen molar-refractivity contribution in [1.29, 1.82) is 0 Å². The third-order valence-corrected chi connectivity index (χ3v) is 6.99. The Bertz CT molecular complexity index is 601. The molecule has 1 amide bonds. The highest BCUT2D eigenvalue weighted by Gasteiger charge is 2.57. The summed E-state index contributed by atoms with van der Waals surface area (Å²) >= 11 is 1.33. The van der Waals surface area contributed by atoms with Crippen LogP contribution in [0.3, 0.4) is 0 Å². The molecule has 1 heterocycles. The van der Waals surface area contributed by atoms with E-state index in [2.05, 4.69) is 22.4 Å². The van der Waals surface area contributed by atoms with E-state index in [4.69, 9.17) is 4.42 Å². The van der Waals surface area contributed by atoms with Crippen molar-refractivity contribution in [3.05, 3.63) is 5.89 Å². The summed E-state index contributed by atoms with van der Waals surface area (Å²) in [5, 5.41) is 11.6. The van der Waals surface area contributed by atoms with Gasteiger partial charge in [-0.25, -0.2) is 0 Å². The highest BCUT2D eigenvalue weighted by atomic mass is 32.2. The molecule has 126 valence electrons. The summed E-state index contributed by atoms with van der Waals surface area (Å²) in [4.78, 5) is 12.5. The molecule has 4 aliphatic rings. The van der Waals surface area contributed by atoms with Crippen molar-refractivity contribution >= 4 is 17.7 Å².